The molecule has 1 atom stereocenters. The van der Waals surface area contributed by atoms with Gasteiger partial charge in [-0.3, -0.25) is 0 Å². The molecule has 80 valence electrons. The molecule has 1 saturated heterocycles. The fourth-order valence-corrected chi connectivity index (χ4v) is 2.12. The van der Waals surface area contributed by atoms with E-state index in [9.17, 15) is 4.79 Å². The van der Waals surface area contributed by atoms with Crippen LogP contribution in [-0.2, 0) is 19.9 Å². The lowest BCUT2D eigenvalue weighted by atomic mass is 9.86. The zero-order chi connectivity index (χ0) is 10.9. The van der Waals surface area contributed by atoms with Gasteiger partial charge in [0.25, 0.3) is 0 Å². The molecular weight excluding hydrogens is 260 g/mol. The summed E-state index contributed by atoms with van der Waals surface area (Å²) in [5, 5.41) is 0. The van der Waals surface area contributed by atoms with Gasteiger partial charge in [0.15, 0.2) is 5.60 Å². The average Bonchev–Trinajstić information content (AvgIpc) is 2.16. The molecule has 15 heavy (non-hydrogen) atoms. The molecule has 3 nitrogen and oxygen atoms in total. The number of hydrogen-bond acceptors (Lipinski definition) is 3. The summed E-state index contributed by atoms with van der Waals surface area (Å²) in [6, 6.07) is 7.55. The van der Waals surface area contributed by atoms with Crippen LogP contribution in [0.15, 0.2) is 28.7 Å². The molecule has 1 aromatic rings. The van der Waals surface area contributed by atoms with Gasteiger partial charge < -0.3 is 9.47 Å². The van der Waals surface area contributed by atoms with Crippen LogP contribution in [0.25, 0.3) is 0 Å². The maximum atomic E-state index is 11.7. The summed E-state index contributed by atoms with van der Waals surface area (Å²) in [5.74, 6) is -0.327. The first-order valence-corrected chi connectivity index (χ1v) is 5.47. The average molecular weight is 271 g/mol. The van der Waals surface area contributed by atoms with Gasteiger partial charge in [0.05, 0.1) is 13.7 Å². The van der Waals surface area contributed by atoms with Crippen molar-refractivity contribution >= 4 is 21.9 Å². The molecule has 1 unspecified atom stereocenters. The van der Waals surface area contributed by atoms with Crippen LogP contribution in [-0.4, -0.2) is 19.7 Å². The van der Waals surface area contributed by atoms with Gasteiger partial charge in [-0.1, -0.05) is 28.1 Å². The Morgan fingerprint density at radius 2 is 2.33 bits per heavy atom. The molecule has 0 saturated carbocycles. The third-order valence-electron chi connectivity index (χ3n) is 2.61. The molecule has 1 heterocycles. The van der Waals surface area contributed by atoms with E-state index in [-0.39, 0.29) is 5.97 Å². The van der Waals surface area contributed by atoms with E-state index in [4.69, 9.17) is 9.47 Å². The first-order chi connectivity index (χ1) is 7.19. The first-order valence-electron chi connectivity index (χ1n) is 4.67. The van der Waals surface area contributed by atoms with E-state index < -0.39 is 5.60 Å². The van der Waals surface area contributed by atoms with Crippen molar-refractivity contribution < 1.29 is 14.3 Å². The third kappa shape index (κ3) is 1.68. The molecule has 0 N–H and O–H groups in total. The SMILES string of the molecule is COC(=O)C1(c2cccc(Br)c2)CCO1. The molecule has 2 rings (SSSR count). The minimum Gasteiger partial charge on any atom is -0.467 e. The lowest BCUT2D eigenvalue weighted by Gasteiger charge is -2.39. The Balaban J connectivity index is 2.38. The molecule has 0 aliphatic carbocycles. The Hall–Kier alpha value is -0.870. The molecule has 1 fully saturated rings. The van der Waals surface area contributed by atoms with Crippen LogP contribution in [0.4, 0.5) is 0 Å². The summed E-state index contributed by atoms with van der Waals surface area (Å²) < 4.78 is 11.1. The number of ether oxygens (including phenoxy) is 2. The van der Waals surface area contributed by atoms with Gasteiger partial charge in [-0.05, 0) is 17.7 Å². The fraction of sp³-hybridized carbons (Fsp3) is 0.364. The highest BCUT2D eigenvalue weighted by molar-refractivity contribution is 9.10. The monoisotopic (exact) mass is 270 g/mol. The highest BCUT2D eigenvalue weighted by Crippen LogP contribution is 2.39. The van der Waals surface area contributed by atoms with E-state index in [0.717, 1.165) is 10.0 Å². The van der Waals surface area contributed by atoms with E-state index in [1.165, 1.54) is 7.11 Å². The number of carbonyl (C=O) groups is 1. The molecule has 0 aromatic heterocycles. The van der Waals surface area contributed by atoms with E-state index >= 15 is 0 Å². The lowest BCUT2D eigenvalue weighted by molar-refractivity contribution is -0.201. The highest BCUT2D eigenvalue weighted by Gasteiger charge is 2.48. The second-order valence-corrected chi connectivity index (χ2v) is 4.34. The highest BCUT2D eigenvalue weighted by atomic mass is 79.9. The van der Waals surface area contributed by atoms with Crippen molar-refractivity contribution in [3.05, 3.63) is 34.3 Å². The number of esters is 1. The van der Waals surface area contributed by atoms with Crippen LogP contribution in [0.3, 0.4) is 0 Å². The van der Waals surface area contributed by atoms with Crippen LogP contribution in [0.5, 0.6) is 0 Å². The zero-order valence-corrected chi connectivity index (χ0v) is 9.91. The van der Waals surface area contributed by atoms with E-state index in [1.54, 1.807) is 0 Å². The third-order valence-corrected chi connectivity index (χ3v) is 3.10. The minimum absolute atomic E-state index is 0.327. The largest absolute Gasteiger partial charge is 0.467 e. The number of carbonyl (C=O) groups excluding carboxylic acids is 1. The summed E-state index contributed by atoms with van der Waals surface area (Å²) >= 11 is 3.37. The summed E-state index contributed by atoms with van der Waals surface area (Å²) in [5.41, 5.74) is -0.0339. The van der Waals surface area contributed by atoms with Crippen molar-refractivity contribution in [1.29, 1.82) is 0 Å². The predicted octanol–water partition coefficient (Wildman–Crippen LogP) is 2.24. The Labute approximate surface area is 96.5 Å². The summed E-state index contributed by atoms with van der Waals surface area (Å²) in [6.07, 6.45) is 0.677. The van der Waals surface area contributed by atoms with Gasteiger partial charge in [0.1, 0.15) is 0 Å². The van der Waals surface area contributed by atoms with Crippen molar-refractivity contribution in [2.45, 2.75) is 12.0 Å². The van der Waals surface area contributed by atoms with Crippen LogP contribution in [0.1, 0.15) is 12.0 Å². The second-order valence-electron chi connectivity index (χ2n) is 3.43. The molecule has 1 aliphatic heterocycles. The van der Waals surface area contributed by atoms with Gasteiger partial charge in [-0.25, -0.2) is 4.79 Å². The fourth-order valence-electron chi connectivity index (χ4n) is 1.72. The summed E-state index contributed by atoms with van der Waals surface area (Å²) in [4.78, 5) is 11.7. The summed E-state index contributed by atoms with van der Waals surface area (Å²) in [6.45, 7) is 0.599. The normalized spacial score (nSPS) is 24.4. The van der Waals surface area contributed by atoms with Crippen LogP contribution >= 0.6 is 15.9 Å². The minimum atomic E-state index is -0.876. The Morgan fingerprint density at radius 3 is 2.80 bits per heavy atom. The smallest absolute Gasteiger partial charge is 0.342 e. The van der Waals surface area contributed by atoms with Gasteiger partial charge in [-0.2, -0.15) is 0 Å². The van der Waals surface area contributed by atoms with Gasteiger partial charge >= 0.3 is 5.97 Å². The molecule has 0 spiro atoms. The van der Waals surface area contributed by atoms with Gasteiger partial charge in [-0.15, -0.1) is 0 Å². The molecule has 0 radical (unpaired) electrons. The summed E-state index contributed by atoms with van der Waals surface area (Å²) in [7, 11) is 1.38. The number of methoxy groups -OCH3 is 1. The molecule has 1 aliphatic rings. The lowest BCUT2D eigenvalue weighted by Crippen LogP contribution is -2.48. The van der Waals surface area contributed by atoms with Crippen molar-refractivity contribution in [1.82, 2.24) is 0 Å². The number of rotatable bonds is 2. The molecular formula is C11H11BrO3. The van der Waals surface area contributed by atoms with Crippen molar-refractivity contribution in [3.8, 4) is 0 Å². The maximum Gasteiger partial charge on any atom is 0.342 e. The van der Waals surface area contributed by atoms with Crippen LogP contribution < -0.4 is 0 Å². The van der Waals surface area contributed by atoms with Crippen molar-refractivity contribution in [3.63, 3.8) is 0 Å². The number of halogens is 1. The molecule has 1 aromatic carbocycles. The second kappa shape index (κ2) is 3.94. The van der Waals surface area contributed by atoms with Gasteiger partial charge in [0.2, 0.25) is 0 Å². The van der Waals surface area contributed by atoms with E-state index in [0.29, 0.717) is 13.0 Å². The number of benzene rings is 1. The molecule has 0 bridgehead atoms. The number of hydrogen-bond donors (Lipinski definition) is 0. The standard InChI is InChI=1S/C11H11BrO3/c1-14-10(13)11(5-6-15-11)8-3-2-4-9(12)7-8/h2-4,7H,5-6H2,1H3. The zero-order valence-electron chi connectivity index (χ0n) is 8.33. The van der Waals surface area contributed by atoms with Crippen molar-refractivity contribution in [2.24, 2.45) is 0 Å². The van der Waals surface area contributed by atoms with Crippen molar-refractivity contribution in [2.75, 3.05) is 13.7 Å². The predicted molar refractivity (Wildman–Crippen MR) is 58.4 cm³/mol. The van der Waals surface area contributed by atoms with Gasteiger partial charge in [0, 0.05) is 10.9 Å². The Bertz CT molecular complexity index is 385. The van der Waals surface area contributed by atoms with Crippen LogP contribution in [0.2, 0.25) is 0 Å². The van der Waals surface area contributed by atoms with Crippen LogP contribution in [0, 0.1) is 0 Å². The first kappa shape index (κ1) is 10.6. The topological polar surface area (TPSA) is 35.5 Å². The Morgan fingerprint density at radius 1 is 1.60 bits per heavy atom. The Kier molecular flexibility index (Phi) is 2.80. The van der Waals surface area contributed by atoms with E-state index in [2.05, 4.69) is 15.9 Å². The van der Waals surface area contributed by atoms with E-state index in [1.807, 2.05) is 24.3 Å². The molecule has 4 heteroatoms. The maximum absolute atomic E-state index is 11.7. The quantitative estimate of drug-likeness (QED) is 0.774. The molecule has 0 amide bonds.